The van der Waals surface area contributed by atoms with Crippen LogP contribution < -0.4 is 5.32 Å². The number of amides is 1. The number of aliphatic hydroxyl groups excluding tert-OH is 1. The molecular weight excluding hydrogens is 196 g/mol. The molecule has 1 amide bonds. The second kappa shape index (κ2) is 5.50. The van der Waals surface area contributed by atoms with Crippen molar-refractivity contribution < 1.29 is 14.3 Å². The average molecular weight is 212 g/mol. The molecule has 1 heterocycles. The topological polar surface area (TPSA) is 75.4 Å². The third-order valence-corrected chi connectivity index (χ3v) is 2.04. The van der Waals surface area contributed by atoms with Gasteiger partial charge in [0.25, 0.3) is 5.91 Å². The number of oxazole rings is 1. The van der Waals surface area contributed by atoms with Gasteiger partial charge in [0.1, 0.15) is 0 Å². The molecule has 15 heavy (non-hydrogen) atoms. The minimum absolute atomic E-state index is 0.254. The van der Waals surface area contributed by atoms with E-state index in [1.807, 2.05) is 0 Å². The van der Waals surface area contributed by atoms with Crippen LogP contribution in [0.3, 0.4) is 0 Å². The quantitative estimate of drug-likeness (QED) is 0.710. The van der Waals surface area contributed by atoms with Crippen molar-refractivity contribution in [2.45, 2.75) is 32.8 Å². The molecule has 84 valence electrons. The van der Waals surface area contributed by atoms with Gasteiger partial charge in [-0.15, -0.1) is 0 Å². The van der Waals surface area contributed by atoms with Crippen molar-refractivity contribution in [2.24, 2.45) is 0 Å². The number of carbonyl (C=O) groups excluding carboxylic acids is 1. The number of aromatic nitrogens is 1. The molecule has 1 unspecified atom stereocenters. The molecule has 0 aromatic carbocycles. The number of rotatable bonds is 5. The third-order valence-electron chi connectivity index (χ3n) is 2.04. The maximum atomic E-state index is 11.5. The Hall–Kier alpha value is -1.36. The van der Waals surface area contributed by atoms with Crippen LogP contribution in [0.15, 0.2) is 10.8 Å². The Bertz CT molecular complexity index is 320. The summed E-state index contributed by atoms with van der Waals surface area (Å²) < 4.78 is 4.93. The molecule has 0 saturated heterocycles. The highest BCUT2D eigenvalue weighted by molar-refractivity contribution is 5.92. The minimum atomic E-state index is -0.325. The fraction of sp³-hybridized carbons (Fsp3) is 0.600. The van der Waals surface area contributed by atoms with E-state index in [2.05, 4.69) is 10.3 Å². The van der Waals surface area contributed by atoms with E-state index in [-0.39, 0.29) is 17.8 Å². The van der Waals surface area contributed by atoms with E-state index in [1.54, 1.807) is 13.8 Å². The second-order valence-electron chi connectivity index (χ2n) is 3.51. The van der Waals surface area contributed by atoms with Crippen molar-refractivity contribution in [3.63, 3.8) is 0 Å². The van der Waals surface area contributed by atoms with Gasteiger partial charge in [-0.05, 0) is 26.7 Å². The molecule has 0 aliphatic heterocycles. The van der Waals surface area contributed by atoms with E-state index < -0.39 is 0 Å². The lowest BCUT2D eigenvalue weighted by molar-refractivity contribution is 0.0921. The van der Waals surface area contributed by atoms with Crippen LogP contribution in [0.25, 0.3) is 0 Å². The Kier molecular flexibility index (Phi) is 4.30. The summed E-state index contributed by atoms with van der Waals surface area (Å²) in [4.78, 5) is 15.3. The maximum absolute atomic E-state index is 11.5. The minimum Gasteiger partial charge on any atom is -0.438 e. The molecule has 0 saturated carbocycles. The molecule has 5 nitrogen and oxygen atoms in total. The number of aliphatic hydroxyl groups is 1. The summed E-state index contributed by atoms with van der Waals surface area (Å²) in [7, 11) is 0. The monoisotopic (exact) mass is 212 g/mol. The van der Waals surface area contributed by atoms with E-state index in [0.29, 0.717) is 18.7 Å². The molecule has 0 aliphatic rings. The SMILES string of the molecule is Cc1ncoc1C(=O)NCCCC(C)O. The Labute approximate surface area is 88.5 Å². The largest absolute Gasteiger partial charge is 0.438 e. The van der Waals surface area contributed by atoms with Crippen LogP contribution in [0, 0.1) is 6.92 Å². The van der Waals surface area contributed by atoms with Crippen LogP contribution in [0.5, 0.6) is 0 Å². The number of carbonyl (C=O) groups is 1. The molecule has 0 fully saturated rings. The highest BCUT2D eigenvalue weighted by Gasteiger charge is 2.12. The van der Waals surface area contributed by atoms with Crippen LogP contribution in [0.4, 0.5) is 0 Å². The lowest BCUT2D eigenvalue weighted by Crippen LogP contribution is -2.25. The lowest BCUT2D eigenvalue weighted by atomic mass is 10.2. The highest BCUT2D eigenvalue weighted by Crippen LogP contribution is 2.04. The van der Waals surface area contributed by atoms with Gasteiger partial charge in [-0.2, -0.15) is 0 Å². The van der Waals surface area contributed by atoms with Gasteiger partial charge in [0.05, 0.1) is 11.8 Å². The molecule has 1 aromatic heterocycles. The van der Waals surface area contributed by atoms with Gasteiger partial charge in [-0.25, -0.2) is 4.98 Å². The predicted octanol–water partition coefficient (Wildman–Crippen LogP) is 0.874. The van der Waals surface area contributed by atoms with E-state index in [0.717, 1.165) is 6.42 Å². The summed E-state index contributed by atoms with van der Waals surface area (Å²) in [5, 5.41) is 11.7. The molecule has 2 N–H and O–H groups in total. The smallest absolute Gasteiger partial charge is 0.288 e. The number of hydrogen-bond acceptors (Lipinski definition) is 4. The van der Waals surface area contributed by atoms with Crippen LogP contribution in [0.1, 0.15) is 36.0 Å². The van der Waals surface area contributed by atoms with Gasteiger partial charge < -0.3 is 14.8 Å². The van der Waals surface area contributed by atoms with Crippen molar-refractivity contribution in [1.29, 1.82) is 0 Å². The Morgan fingerprint density at radius 3 is 3.00 bits per heavy atom. The van der Waals surface area contributed by atoms with E-state index in [1.165, 1.54) is 6.39 Å². The normalized spacial score (nSPS) is 12.5. The molecule has 5 heteroatoms. The molecule has 1 atom stereocenters. The number of nitrogens with zero attached hydrogens (tertiary/aromatic N) is 1. The summed E-state index contributed by atoms with van der Waals surface area (Å²) in [5.41, 5.74) is 0.586. The van der Waals surface area contributed by atoms with Gasteiger partial charge in [0.2, 0.25) is 5.76 Å². The van der Waals surface area contributed by atoms with E-state index >= 15 is 0 Å². The Morgan fingerprint density at radius 2 is 2.47 bits per heavy atom. The van der Waals surface area contributed by atoms with Gasteiger partial charge in [-0.1, -0.05) is 0 Å². The fourth-order valence-corrected chi connectivity index (χ4v) is 1.20. The van der Waals surface area contributed by atoms with Gasteiger partial charge in [-0.3, -0.25) is 4.79 Å². The summed E-state index contributed by atoms with van der Waals surface area (Å²) >= 11 is 0. The standard InChI is InChI=1S/C10H16N2O3/c1-7(13)4-3-5-11-10(14)9-8(2)12-6-15-9/h6-7,13H,3-5H2,1-2H3,(H,11,14). The van der Waals surface area contributed by atoms with Crippen LogP contribution in [0.2, 0.25) is 0 Å². The van der Waals surface area contributed by atoms with Gasteiger partial charge >= 0.3 is 0 Å². The summed E-state index contributed by atoms with van der Waals surface area (Å²) in [6, 6.07) is 0. The first-order chi connectivity index (χ1) is 7.11. The first-order valence-electron chi connectivity index (χ1n) is 4.97. The van der Waals surface area contributed by atoms with Gasteiger partial charge in [0, 0.05) is 6.54 Å². The summed E-state index contributed by atoms with van der Waals surface area (Å²) in [6.45, 7) is 3.97. The van der Waals surface area contributed by atoms with Gasteiger partial charge in [0.15, 0.2) is 6.39 Å². The lowest BCUT2D eigenvalue weighted by Gasteiger charge is -2.04. The van der Waals surface area contributed by atoms with E-state index in [4.69, 9.17) is 9.52 Å². The molecule has 1 aromatic rings. The van der Waals surface area contributed by atoms with E-state index in [9.17, 15) is 4.79 Å². The molecule has 0 radical (unpaired) electrons. The van der Waals surface area contributed by atoms with Crippen LogP contribution >= 0.6 is 0 Å². The first kappa shape index (κ1) is 11.7. The second-order valence-corrected chi connectivity index (χ2v) is 3.51. The molecule has 0 spiro atoms. The summed E-state index contributed by atoms with van der Waals surface area (Å²) in [6.07, 6.45) is 2.35. The Morgan fingerprint density at radius 1 is 1.73 bits per heavy atom. The molecule has 0 aliphatic carbocycles. The van der Waals surface area contributed by atoms with Crippen LogP contribution in [-0.2, 0) is 0 Å². The van der Waals surface area contributed by atoms with Crippen molar-refractivity contribution in [3.05, 3.63) is 17.8 Å². The van der Waals surface area contributed by atoms with Crippen LogP contribution in [-0.4, -0.2) is 28.6 Å². The van der Waals surface area contributed by atoms with Crippen molar-refractivity contribution in [3.8, 4) is 0 Å². The average Bonchev–Trinajstić information content (AvgIpc) is 2.58. The van der Waals surface area contributed by atoms with Crippen molar-refractivity contribution in [2.75, 3.05) is 6.54 Å². The Balaban J connectivity index is 2.28. The highest BCUT2D eigenvalue weighted by atomic mass is 16.3. The fourth-order valence-electron chi connectivity index (χ4n) is 1.20. The number of nitrogens with one attached hydrogen (secondary N) is 1. The zero-order chi connectivity index (χ0) is 11.3. The third kappa shape index (κ3) is 3.71. The predicted molar refractivity (Wildman–Crippen MR) is 54.5 cm³/mol. The zero-order valence-electron chi connectivity index (χ0n) is 8.99. The number of hydrogen-bond donors (Lipinski definition) is 2. The van der Waals surface area contributed by atoms with Crippen molar-refractivity contribution >= 4 is 5.91 Å². The maximum Gasteiger partial charge on any atom is 0.288 e. The molecule has 0 bridgehead atoms. The molecular formula is C10H16N2O3. The zero-order valence-corrected chi connectivity index (χ0v) is 8.99. The first-order valence-corrected chi connectivity index (χ1v) is 4.97. The molecule has 1 rings (SSSR count). The summed E-state index contributed by atoms with van der Waals surface area (Å²) in [5.74, 6) is 0.00244. The number of aryl methyl sites for hydroxylation is 1. The van der Waals surface area contributed by atoms with Crippen molar-refractivity contribution in [1.82, 2.24) is 10.3 Å².